The van der Waals surface area contributed by atoms with Crippen LogP contribution in [0.2, 0.25) is 0 Å². The van der Waals surface area contributed by atoms with E-state index in [0.29, 0.717) is 35.1 Å². The second kappa shape index (κ2) is 5.80. The number of rotatable bonds is 4. The molecule has 0 spiro atoms. The van der Waals surface area contributed by atoms with Crippen molar-refractivity contribution < 1.29 is 9.32 Å². The first-order valence-electron chi connectivity index (χ1n) is 6.91. The SMILES string of the molecule is CCn1cc(C(=O)Nc2ccccc2-c2noc(C)n2)cn1. The van der Waals surface area contributed by atoms with Crippen molar-refractivity contribution in [3.63, 3.8) is 0 Å². The highest BCUT2D eigenvalue weighted by Gasteiger charge is 2.14. The van der Waals surface area contributed by atoms with E-state index in [2.05, 4.69) is 20.6 Å². The fourth-order valence-corrected chi connectivity index (χ4v) is 2.04. The summed E-state index contributed by atoms with van der Waals surface area (Å²) < 4.78 is 6.69. The molecular weight excluding hydrogens is 282 g/mol. The van der Waals surface area contributed by atoms with Crippen molar-refractivity contribution >= 4 is 11.6 Å². The molecule has 0 aliphatic carbocycles. The van der Waals surface area contributed by atoms with Crippen LogP contribution >= 0.6 is 0 Å². The van der Waals surface area contributed by atoms with Crippen LogP contribution in [0.1, 0.15) is 23.2 Å². The minimum Gasteiger partial charge on any atom is -0.339 e. The maximum Gasteiger partial charge on any atom is 0.258 e. The molecule has 3 aromatic rings. The van der Waals surface area contributed by atoms with Crippen LogP contribution in [0.25, 0.3) is 11.4 Å². The summed E-state index contributed by atoms with van der Waals surface area (Å²) in [5.74, 6) is 0.686. The molecule has 7 heteroatoms. The number of amides is 1. The zero-order valence-corrected chi connectivity index (χ0v) is 12.3. The molecule has 0 saturated heterocycles. The van der Waals surface area contributed by atoms with Crippen molar-refractivity contribution in [3.05, 3.63) is 48.1 Å². The average Bonchev–Trinajstić information content (AvgIpc) is 3.16. The Bertz CT molecular complexity index is 806. The van der Waals surface area contributed by atoms with E-state index in [1.54, 1.807) is 30.1 Å². The molecule has 3 rings (SSSR count). The van der Waals surface area contributed by atoms with E-state index in [1.807, 2.05) is 25.1 Å². The maximum atomic E-state index is 12.3. The van der Waals surface area contributed by atoms with Crippen LogP contribution in [0, 0.1) is 6.92 Å². The fourth-order valence-electron chi connectivity index (χ4n) is 2.04. The number of para-hydroxylation sites is 1. The Hall–Kier alpha value is -2.96. The number of carbonyl (C=O) groups is 1. The lowest BCUT2D eigenvalue weighted by molar-refractivity contribution is 0.102. The summed E-state index contributed by atoms with van der Waals surface area (Å²) >= 11 is 0. The Morgan fingerprint density at radius 3 is 2.86 bits per heavy atom. The van der Waals surface area contributed by atoms with E-state index < -0.39 is 0 Å². The van der Waals surface area contributed by atoms with Crippen LogP contribution in [-0.4, -0.2) is 25.8 Å². The van der Waals surface area contributed by atoms with Gasteiger partial charge in [-0.3, -0.25) is 9.48 Å². The van der Waals surface area contributed by atoms with Crippen molar-refractivity contribution in [3.8, 4) is 11.4 Å². The lowest BCUT2D eigenvalue weighted by Crippen LogP contribution is -2.12. The molecule has 0 aliphatic heterocycles. The third kappa shape index (κ3) is 2.73. The van der Waals surface area contributed by atoms with Gasteiger partial charge in [-0.25, -0.2) is 0 Å². The molecule has 7 nitrogen and oxygen atoms in total. The minimum absolute atomic E-state index is 0.229. The summed E-state index contributed by atoms with van der Waals surface area (Å²) in [6, 6.07) is 7.31. The van der Waals surface area contributed by atoms with Gasteiger partial charge in [-0.2, -0.15) is 10.1 Å². The number of aromatic nitrogens is 4. The molecule has 2 aromatic heterocycles. The van der Waals surface area contributed by atoms with Crippen molar-refractivity contribution in [2.75, 3.05) is 5.32 Å². The highest BCUT2D eigenvalue weighted by molar-refractivity contribution is 6.05. The van der Waals surface area contributed by atoms with E-state index in [1.165, 1.54) is 0 Å². The zero-order valence-electron chi connectivity index (χ0n) is 12.3. The molecule has 0 aliphatic rings. The molecule has 2 heterocycles. The van der Waals surface area contributed by atoms with Gasteiger partial charge in [0.1, 0.15) is 0 Å². The standard InChI is InChI=1S/C15H15N5O2/c1-3-20-9-11(8-16-20)15(21)18-13-7-5-4-6-12(13)14-17-10(2)22-19-14/h4-9H,3H2,1-2H3,(H,18,21). The van der Waals surface area contributed by atoms with Gasteiger partial charge in [0, 0.05) is 25.2 Å². The molecule has 22 heavy (non-hydrogen) atoms. The molecule has 1 aromatic carbocycles. The molecule has 0 fully saturated rings. The predicted molar refractivity (Wildman–Crippen MR) is 80.3 cm³/mol. The number of nitrogens with zero attached hydrogens (tertiary/aromatic N) is 4. The quantitative estimate of drug-likeness (QED) is 0.799. The van der Waals surface area contributed by atoms with Crippen LogP contribution in [-0.2, 0) is 6.54 Å². The number of benzene rings is 1. The second-order valence-corrected chi connectivity index (χ2v) is 4.72. The average molecular weight is 297 g/mol. The number of hydrogen-bond donors (Lipinski definition) is 1. The number of carbonyl (C=O) groups excluding carboxylic acids is 1. The number of hydrogen-bond acceptors (Lipinski definition) is 5. The lowest BCUT2D eigenvalue weighted by atomic mass is 10.1. The van der Waals surface area contributed by atoms with Gasteiger partial charge >= 0.3 is 0 Å². The van der Waals surface area contributed by atoms with Gasteiger partial charge in [-0.1, -0.05) is 17.3 Å². The van der Waals surface area contributed by atoms with Crippen LogP contribution < -0.4 is 5.32 Å². The number of nitrogens with one attached hydrogen (secondary N) is 1. The number of anilines is 1. The summed E-state index contributed by atoms with van der Waals surface area (Å²) in [4.78, 5) is 16.5. The van der Waals surface area contributed by atoms with Crippen LogP contribution in [0.4, 0.5) is 5.69 Å². The van der Waals surface area contributed by atoms with Crippen molar-refractivity contribution in [2.45, 2.75) is 20.4 Å². The first-order chi connectivity index (χ1) is 10.7. The lowest BCUT2D eigenvalue weighted by Gasteiger charge is -2.07. The van der Waals surface area contributed by atoms with Crippen molar-refractivity contribution in [1.82, 2.24) is 19.9 Å². The Morgan fingerprint density at radius 2 is 2.18 bits per heavy atom. The van der Waals surface area contributed by atoms with Gasteiger partial charge in [-0.05, 0) is 19.1 Å². The van der Waals surface area contributed by atoms with E-state index in [0.717, 1.165) is 0 Å². The number of aryl methyl sites for hydroxylation is 2. The fraction of sp³-hybridized carbons (Fsp3) is 0.200. The van der Waals surface area contributed by atoms with Crippen LogP contribution in [0.15, 0.2) is 41.2 Å². The van der Waals surface area contributed by atoms with Gasteiger partial charge in [0.05, 0.1) is 17.4 Å². The van der Waals surface area contributed by atoms with Crippen LogP contribution in [0.5, 0.6) is 0 Å². The Labute approximate surface area is 127 Å². The van der Waals surface area contributed by atoms with Gasteiger partial charge in [0.15, 0.2) is 0 Å². The summed E-state index contributed by atoms with van der Waals surface area (Å²) in [7, 11) is 0. The third-order valence-electron chi connectivity index (χ3n) is 3.16. The Morgan fingerprint density at radius 1 is 1.36 bits per heavy atom. The van der Waals surface area contributed by atoms with E-state index >= 15 is 0 Å². The van der Waals surface area contributed by atoms with Gasteiger partial charge < -0.3 is 9.84 Å². The summed E-state index contributed by atoms with van der Waals surface area (Å²) in [6.07, 6.45) is 3.25. The predicted octanol–water partition coefficient (Wildman–Crippen LogP) is 2.51. The topological polar surface area (TPSA) is 85.8 Å². The molecule has 1 amide bonds. The third-order valence-corrected chi connectivity index (χ3v) is 3.16. The molecule has 0 bridgehead atoms. The molecule has 0 unspecified atom stereocenters. The normalized spacial score (nSPS) is 10.6. The first kappa shape index (κ1) is 14.0. The molecular formula is C15H15N5O2. The monoisotopic (exact) mass is 297 g/mol. The highest BCUT2D eigenvalue weighted by atomic mass is 16.5. The minimum atomic E-state index is -0.229. The summed E-state index contributed by atoms with van der Waals surface area (Å²) in [5.41, 5.74) is 1.83. The van der Waals surface area contributed by atoms with Gasteiger partial charge in [0.2, 0.25) is 11.7 Å². The summed E-state index contributed by atoms with van der Waals surface area (Å²) in [6.45, 7) is 4.39. The maximum absolute atomic E-state index is 12.3. The first-order valence-corrected chi connectivity index (χ1v) is 6.91. The van der Waals surface area contributed by atoms with Crippen molar-refractivity contribution in [2.24, 2.45) is 0 Å². The van der Waals surface area contributed by atoms with Gasteiger partial charge in [0.25, 0.3) is 5.91 Å². The molecule has 1 N–H and O–H groups in total. The zero-order chi connectivity index (χ0) is 15.5. The van der Waals surface area contributed by atoms with Crippen molar-refractivity contribution in [1.29, 1.82) is 0 Å². The largest absolute Gasteiger partial charge is 0.339 e. The molecule has 0 atom stereocenters. The highest BCUT2D eigenvalue weighted by Crippen LogP contribution is 2.25. The smallest absolute Gasteiger partial charge is 0.258 e. The van der Waals surface area contributed by atoms with E-state index in [4.69, 9.17) is 4.52 Å². The molecule has 112 valence electrons. The summed E-state index contributed by atoms with van der Waals surface area (Å²) in [5, 5.41) is 10.8. The second-order valence-electron chi connectivity index (χ2n) is 4.72. The molecule has 0 radical (unpaired) electrons. The van der Waals surface area contributed by atoms with Gasteiger partial charge in [-0.15, -0.1) is 0 Å². The van der Waals surface area contributed by atoms with Crippen LogP contribution in [0.3, 0.4) is 0 Å². The Balaban J connectivity index is 1.88. The van der Waals surface area contributed by atoms with E-state index in [-0.39, 0.29) is 5.91 Å². The van der Waals surface area contributed by atoms with E-state index in [9.17, 15) is 4.79 Å². The Kier molecular flexibility index (Phi) is 3.69. The molecule has 0 saturated carbocycles.